The van der Waals surface area contributed by atoms with Gasteiger partial charge in [0, 0.05) is 0 Å². The maximum atomic E-state index is 5.80. The Labute approximate surface area is 96.7 Å². The molecule has 3 aliphatic rings. The molecule has 3 aliphatic heterocycles. The summed E-state index contributed by atoms with van der Waals surface area (Å²) in [6.45, 7) is 8.89. The molecule has 0 spiro atoms. The normalized spacial score (nSPS) is 37.4. The van der Waals surface area contributed by atoms with Gasteiger partial charge in [0.05, 0.1) is 0 Å². The molecule has 0 aromatic carbocycles. The van der Waals surface area contributed by atoms with E-state index in [4.69, 9.17) is 12.3 Å². The van der Waals surface area contributed by atoms with Gasteiger partial charge in [-0.2, -0.15) is 0 Å². The van der Waals surface area contributed by atoms with Gasteiger partial charge in [0.2, 0.25) is 0 Å². The molecular weight excluding hydrogens is 305 g/mol. The van der Waals surface area contributed by atoms with Crippen LogP contribution in [0, 0.1) is 0 Å². The number of hydrogen-bond donors (Lipinski definition) is 0. The van der Waals surface area contributed by atoms with E-state index in [0.29, 0.717) is 19.8 Å². The zero-order valence-corrected chi connectivity index (χ0v) is 12.3. The number of hydrogen-bond acceptors (Lipinski definition) is 5. The second-order valence-corrected chi connectivity index (χ2v) is 10.1. The summed E-state index contributed by atoms with van der Waals surface area (Å²) in [5.74, 6) is 0. The van der Waals surface area contributed by atoms with Gasteiger partial charge in [-0.05, 0) is 0 Å². The molecule has 6 heteroatoms. The van der Waals surface area contributed by atoms with Crippen molar-refractivity contribution in [1.29, 1.82) is 0 Å². The maximum absolute atomic E-state index is 5.80. The predicted octanol–water partition coefficient (Wildman–Crippen LogP) is 0.226. The minimum atomic E-state index is -3.61. The van der Waals surface area contributed by atoms with Crippen molar-refractivity contribution in [2.24, 2.45) is 0 Å². The van der Waals surface area contributed by atoms with Gasteiger partial charge in [-0.25, -0.2) is 0 Å². The first-order chi connectivity index (χ1) is 7.20. The Kier molecular flexibility index (Phi) is 4.25. The van der Waals surface area contributed by atoms with Crippen LogP contribution >= 0.6 is 0 Å². The Hall–Kier alpha value is 0.599. The van der Waals surface area contributed by atoms with Crippen LogP contribution in [0.25, 0.3) is 0 Å². The Balaban J connectivity index is 2.05. The number of rotatable bonds is 2. The molecule has 0 unspecified atom stereocenters. The van der Waals surface area contributed by atoms with Gasteiger partial charge in [-0.1, -0.05) is 0 Å². The van der Waals surface area contributed by atoms with Crippen molar-refractivity contribution in [3.8, 4) is 0 Å². The van der Waals surface area contributed by atoms with Crippen molar-refractivity contribution < 1.29 is 12.3 Å². The Bertz CT molecular complexity index is 188. The number of nitrogens with zero attached hydrogens (tertiary/aromatic N) is 1. The van der Waals surface area contributed by atoms with Gasteiger partial charge in [0.25, 0.3) is 0 Å². The van der Waals surface area contributed by atoms with Crippen LogP contribution in [-0.2, 0) is 12.3 Å². The van der Waals surface area contributed by atoms with Crippen molar-refractivity contribution in [2.45, 2.75) is 20.0 Å². The van der Waals surface area contributed by atoms with Crippen LogP contribution in [0.2, 0.25) is 0 Å². The van der Waals surface area contributed by atoms with Crippen molar-refractivity contribution in [2.75, 3.05) is 39.5 Å². The fourth-order valence-electron chi connectivity index (χ4n) is 1.75. The van der Waals surface area contributed by atoms with E-state index in [-0.39, 0.29) is 6.10 Å². The summed E-state index contributed by atoms with van der Waals surface area (Å²) in [5.41, 5.74) is 0. The van der Waals surface area contributed by atoms with Gasteiger partial charge >= 0.3 is 96.6 Å². The van der Waals surface area contributed by atoms with Gasteiger partial charge in [0.15, 0.2) is 0 Å². The van der Waals surface area contributed by atoms with Crippen LogP contribution in [0.15, 0.2) is 0 Å². The third kappa shape index (κ3) is 3.28. The molecular formula is C9H19NO4Sn. The van der Waals surface area contributed by atoms with E-state index >= 15 is 0 Å². The summed E-state index contributed by atoms with van der Waals surface area (Å²) in [6, 6.07) is 0. The second-order valence-electron chi connectivity index (χ2n) is 4.05. The quantitative estimate of drug-likeness (QED) is 0.680. The molecule has 0 aliphatic carbocycles. The van der Waals surface area contributed by atoms with E-state index in [2.05, 4.69) is 4.90 Å². The fraction of sp³-hybridized carbons (Fsp3) is 1.00. The summed E-state index contributed by atoms with van der Waals surface area (Å²) in [6.07, 6.45) is 0.107. The van der Waals surface area contributed by atoms with E-state index < -0.39 is 20.0 Å². The Morgan fingerprint density at radius 1 is 1.00 bits per heavy atom. The zero-order valence-electron chi connectivity index (χ0n) is 9.40. The topological polar surface area (TPSA) is 40.2 Å². The molecule has 0 aromatic heterocycles. The summed E-state index contributed by atoms with van der Waals surface area (Å²) >= 11 is -3.61. The molecule has 0 amide bonds. The van der Waals surface area contributed by atoms with Crippen LogP contribution in [-0.4, -0.2) is 70.5 Å². The van der Waals surface area contributed by atoms with Crippen LogP contribution < -0.4 is 0 Å². The van der Waals surface area contributed by atoms with Crippen molar-refractivity contribution in [3.63, 3.8) is 0 Å². The van der Waals surface area contributed by atoms with Gasteiger partial charge in [0.1, 0.15) is 0 Å². The minimum absolute atomic E-state index is 0.107. The SMILES string of the molecule is CC(C)[O][Sn]12[O]CCN(CC[O]1)CC[O]2. The summed E-state index contributed by atoms with van der Waals surface area (Å²) in [7, 11) is 0. The molecule has 3 fully saturated rings. The molecule has 3 saturated heterocycles. The van der Waals surface area contributed by atoms with Crippen LogP contribution in [0.4, 0.5) is 0 Å². The van der Waals surface area contributed by atoms with Crippen LogP contribution in [0.3, 0.4) is 0 Å². The van der Waals surface area contributed by atoms with E-state index in [9.17, 15) is 0 Å². The third-order valence-electron chi connectivity index (χ3n) is 2.44. The summed E-state index contributed by atoms with van der Waals surface area (Å²) < 4.78 is 23.1. The van der Waals surface area contributed by atoms with E-state index in [1.165, 1.54) is 0 Å². The first kappa shape index (κ1) is 12.1. The molecule has 0 saturated carbocycles. The molecule has 15 heavy (non-hydrogen) atoms. The zero-order chi connectivity index (χ0) is 10.7. The Morgan fingerprint density at radius 3 is 1.87 bits per heavy atom. The Morgan fingerprint density at radius 2 is 1.47 bits per heavy atom. The van der Waals surface area contributed by atoms with E-state index in [1.54, 1.807) is 0 Å². The summed E-state index contributed by atoms with van der Waals surface area (Å²) in [5, 5.41) is 0. The molecule has 3 rings (SSSR count). The fourth-order valence-corrected chi connectivity index (χ4v) is 7.62. The third-order valence-corrected chi connectivity index (χ3v) is 9.38. The average molecular weight is 324 g/mol. The van der Waals surface area contributed by atoms with Gasteiger partial charge < -0.3 is 0 Å². The summed E-state index contributed by atoms with van der Waals surface area (Å²) in [4.78, 5) is 2.30. The molecule has 3 heterocycles. The first-order valence-corrected chi connectivity index (χ1v) is 10.2. The van der Waals surface area contributed by atoms with Crippen LogP contribution in [0.5, 0.6) is 0 Å². The first-order valence-electron chi connectivity index (χ1n) is 5.52. The van der Waals surface area contributed by atoms with Crippen LogP contribution in [0.1, 0.15) is 13.8 Å². The molecule has 2 bridgehead atoms. The van der Waals surface area contributed by atoms with E-state index in [1.807, 2.05) is 13.8 Å². The number of fused-ring (bicyclic) bond motifs is 6. The van der Waals surface area contributed by atoms with Crippen molar-refractivity contribution in [1.82, 2.24) is 4.90 Å². The second kappa shape index (κ2) is 5.29. The van der Waals surface area contributed by atoms with Crippen molar-refractivity contribution in [3.05, 3.63) is 0 Å². The molecule has 5 nitrogen and oxygen atoms in total. The average Bonchev–Trinajstić information content (AvgIpc) is 2.05. The monoisotopic (exact) mass is 325 g/mol. The van der Waals surface area contributed by atoms with Crippen molar-refractivity contribution >= 4 is 20.0 Å². The molecule has 0 radical (unpaired) electrons. The molecule has 0 N–H and O–H groups in total. The van der Waals surface area contributed by atoms with Gasteiger partial charge in [-0.15, -0.1) is 0 Å². The van der Waals surface area contributed by atoms with E-state index in [0.717, 1.165) is 19.6 Å². The molecule has 0 atom stereocenters. The predicted molar refractivity (Wildman–Crippen MR) is 56.3 cm³/mol. The molecule has 88 valence electrons. The van der Waals surface area contributed by atoms with Gasteiger partial charge in [-0.3, -0.25) is 0 Å². The molecule has 0 aromatic rings. The standard InChI is InChI=1S/C6H12NO3.C3H7O.Sn/c8-4-1-7(2-5-9)3-6-10;1-3(2)4;/h1-6H2;3H,1-2H3;/q-3;-1;+4.